The summed E-state index contributed by atoms with van der Waals surface area (Å²) in [6, 6.07) is 7.44. The van der Waals surface area contributed by atoms with Crippen LogP contribution < -0.4 is 16.2 Å². The number of nitrogens with two attached hydrogens (primary N) is 1. The Morgan fingerprint density at radius 1 is 1.41 bits per heavy atom. The zero-order chi connectivity index (χ0) is 12.4. The van der Waals surface area contributed by atoms with Gasteiger partial charge in [-0.2, -0.15) is 4.98 Å². The largest absolute Gasteiger partial charge is 0.497 e. The summed E-state index contributed by atoms with van der Waals surface area (Å²) in [4.78, 5) is 17.5. The Kier molecular flexibility index (Phi) is 2.82. The van der Waals surface area contributed by atoms with Crippen LogP contribution in [0.5, 0.6) is 5.75 Å². The molecule has 17 heavy (non-hydrogen) atoms. The number of aromatic nitrogens is 2. The van der Waals surface area contributed by atoms with E-state index in [2.05, 4.69) is 9.97 Å². The van der Waals surface area contributed by atoms with Crippen LogP contribution in [0.2, 0.25) is 0 Å². The lowest BCUT2D eigenvalue weighted by Crippen LogP contribution is -2.15. The molecule has 0 fully saturated rings. The van der Waals surface area contributed by atoms with E-state index >= 15 is 0 Å². The van der Waals surface area contributed by atoms with E-state index < -0.39 is 5.69 Å². The van der Waals surface area contributed by atoms with E-state index in [1.807, 2.05) is 24.3 Å². The Labute approximate surface area is 98.3 Å². The van der Waals surface area contributed by atoms with Crippen molar-refractivity contribution in [1.29, 1.82) is 0 Å². The molecule has 0 spiro atoms. The van der Waals surface area contributed by atoms with Gasteiger partial charge in [0.25, 0.3) is 0 Å². The first kappa shape index (κ1) is 11.2. The highest BCUT2D eigenvalue weighted by molar-refractivity contribution is 5.76. The lowest BCUT2D eigenvalue weighted by molar-refractivity contribution is 0.415. The van der Waals surface area contributed by atoms with Gasteiger partial charge in [-0.15, -0.1) is 0 Å². The fourth-order valence-electron chi connectivity index (χ4n) is 1.75. The standard InChI is InChI=1S/C12H13N3O2/c1-7-10(11(13)15-12(16)14-7)8-4-3-5-9(6-8)17-2/h3-6H,1-2H3,(H3,13,14,15,16). The van der Waals surface area contributed by atoms with Crippen LogP contribution >= 0.6 is 0 Å². The Morgan fingerprint density at radius 2 is 2.18 bits per heavy atom. The van der Waals surface area contributed by atoms with Crippen molar-refractivity contribution < 1.29 is 4.74 Å². The summed E-state index contributed by atoms with van der Waals surface area (Å²) in [5.41, 5.74) is 7.62. The molecule has 0 unspecified atom stereocenters. The van der Waals surface area contributed by atoms with Gasteiger partial charge in [-0.05, 0) is 24.6 Å². The number of aromatic amines is 1. The van der Waals surface area contributed by atoms with Gasteiger partial charge in [0.05, 0.1) is 7.11 Å². The van der Waals surface area contributed by atoms with Gasteiger partial charge in [-0.1, -0.05) is 12.1 Å². The number of nitrogens with zero attached hydrogens (tertiary/aromatic N) is 1. The molecule has 1 aromatic carbocycles. The molecule has 0 aliphatic carbocycles. The van der Waals surface area contributed by atoms with E-state index in [1.54, 1.807) is 14.0 Å². The Bertz CT molecular complexity index is 579. The van der Waals surface area contributed by atoms with Crippen LogP contribution in [0.1, 0.15) is 5.69 Å². The third kappa shape index (κ3) is 2.13. The number of hydrogen-bond donors (Lipinski definition) is 2. The van der Waals surface area contributed by atoms with Crippen molar-refractivity contribution in [2.45, 2.75) is 6.92 Å². The maximum atomic E-state index is 11.1. The smallest absolute Gasteiger partial charge is 0.347 e. The number of H-pyrrole nitrogens is 1. The molecule has 5 nitrogen and oxygen atoms in total. The Balaban J connectivity index is 2.64. The van der Waals surface area contributed by atoms with Crippen molar-refractivity contribution in [2.75, 3.05) is 12.8 Å². The topological polar surface area (TPSA) is 81.0 Å². The van der Waals surface area contributed by atoms with Gasteiger partial charge >= 0.3 is 5.69 Å². The lowest BCUT2D eigenvalue weighted by Gasteiger charge is -2.09. The van der Waals surface area contributed by atoms with Crippen molar-refractivity contribution in [2.24, 2.45) is 0 Å². The number of ether oxygens (including phenoxy) is 1. The monoisotopic (exact) mass is 231 g/mol. The molecule has 1 heterocycles. The van der Waals surface area contributed by atoms with Crippen molar-refractivity contribution in [3.05, 3.63) is 40.4 Å². The van der Waals surface area contributed by atoms with Crippen LogP contribution in [-0.2, 0) is 0 Å². The average Bonchev–Trinajstić information content (AvgIpc) is 2.28. The normalized spacial score (nSPS) is 10.2. The number of anilines is 1. The molecule has 0 aliphatic rings. The van der Waals surface area contributed by atoms with Crippen LogP contribution in [0, 0.1) is 6.92 Å². The minimum atomic E-state index is -0.438. The fraction of sp³-hybridized carbons (Fsp3) is 0.167. The van der Waals surface area contributed by atoms with Crippen molar-refractivity contribution in [3.8, 4) is 16.9 Å². The first-order chi connectivity index (χ1) is 8.11. The molecule has 0 saturated carbocycles. The molecule has 2 rings (SSSR count). The Hall–Kier alpha value is -2.30. The number of nitrogen functional groups attached to an aromatic ring is 1. The summed E-state index contributed by atoms with van der Waals surface area (Å²) in [5, 5.41) is 0. The zero-order valence-corrected chi connectivity index (χ0v) is 9.65. The van der Waals surface area contributed by atoms with Crippen LogP contribution in [0.15, 0.2) is 29.1 Å². The summed E-state index contributed by atoms with van der Waals surface area (Å²) in [5.74, 6) is 0.951. The van der Waals surface area contributed by atoms with Crippen molar-refractivity contribution in [3.63, 3.8) is 0 Å². The first-order valence-electron chi connectivity index (χ1n) is 5.12. The van der Waals surface area contributed by atoms with Crippen molar-refractivity contribution >= 4 is 5.82 Å². The number of rotatable bonds is 2. The second-order valence-corrected chi connectivity index (χ2v) is 3.66. The van der Waals surface area contributed by atoms with Gasteiger partial charge in [0.15, 0.2) is 0 Å². The maximum absolute atomic E-state index is 11.1. The van der Waals surface area contributed by atoms with E-state index in [0.29, 0.717) is 5.69 Å². The van der Waals surface area contributed by atoms with Crippen LogP contribution in [0.3, 0.4) is 0 Å². The SMILES string of the molecule is COc1cccc(-c2c(N)nc(=O)[nH]c2C)c1. The Morgan fingerprint density at radius 3 is 2.82 bits per heavy atom. The van der Waals surface area contributed by atoms with Gasteiger partial charge in [0.1, 0.15) is 11.6 Å². The number of hydrogen-bond acceptors (Lipinski definition) is 4. The molecule has 0 atom stereocenters. The third-order valence-electron chi connectivity index (χ3n) is 2.51. The van der Waals surface area contributed by atoms with E-state index in [-0.39, 0.29) is 5.82 Å². The minimum absolute atomic E-state index is 0.222. The second kappa shape index (κ2) is 4.29. The van der Waals surface area contributed by atoms with Crippen LogP contribution in [0.4, 0.5) is 5.82 Å². The number of nitrogens with one attached hydrogen (secondary N) is 1. The first-order valence-corrected chi connectivity index (χ1v) is 5.12. The minimum Gasteiger partial charge on any atom is -0.497 e. The van der Waals surface area contributed by atoms with Gasteiger partial charge in [0.2, 0.25) is 0 Å². The molecular formula is C12H13N3O2. The fourth-order valence-corrected chi connectivity index (χ4v) is 1.75. The molecule has 0 bridgehead atoms. The molecular weight excluding hydrogens is 218 g/mol. The zero-order valence-electron chi connectivity index (χ0n) is 9.65. The van der Waals surface area contributed by atoms with E-state index in [1.165, 1.54) is 0 Å². The lowest BCUT2D eigenvalue weighted by atomic mass is 10.0. The highest BCUT2D eigenvalue weighted by Crippen LogP contribution is 2.28. The number of benzene rings is 1. The van der Waals surface area contributed by atoms with Gasteiger partial charge < -0.3 is 15.5 Å². The van der Waals surface area contributed by atoms with E-state index in [0.717, 1.165) is 16.9 Å². The van der Waals surface area contributed by atoms with Crippen molar-refractivity contribution in [1.82, 2.24) is 9.97 Å². The van der Waals surface area contributed by atoms with E-state index in [4.69, 9.17) is 10.5 Å². The van der Waals surface area contributed by atoms with Gasteiger partial charge in [-0.25, -0.2) is 4.79 Å². The summed E-state index contributed by atoms with van der Waals surface area (Å²) in [7, 11) is 1.60. The highest BCUT2D eigenvalue weighted by atomic mass is 16.5. The maximum Gasteiger partial charge on any atom is 0.347 e. The number of methoxy groups -OCH3 is 1. The molecule has 0 radical (unpaired) electrons. The summed E-state index contributed by atoms with van der Waals surface area (Å²) in [6.45, 7) is 1.79. The van der Waals surface area contributed by atoms with Crippen LogP contribution in [-0.4, -0.2) is 17.1 Å². The van der Waals surface area contributed by atoms with Gasteiger partial charge in [0, 0.05) is 11.3 Å². The molecule has 3 N–H and O–H groups in total. The average molecular weight is 231 g/mol. The predicted molar refractivity (Wildman–Crippen MR) is 66.0 cm³/mol. The summed E-state index contributed by atoms with van der Waals surface area (Å²) < 4.78 is 5.15. The highest BCUT2D eigenvalue weighted by Gasteiger charge is 2.09. The van der Waals surface area contributed by atoms with E-state index in [9.17, 15) is 4.79 Å². The number of aryl methyl sites for hydroxylation is 1. The summed E-state index contributed by atoms with van der Waals surface area (Å²) in [6.07, 6.45) is 0. The molecule has 1 aromatic heterocycles. The molecule has 0 aliphatic heterocycles. The molecule has 2 aromatic rings. The molecule has 0 saturated heterocycles. The quantitative estimate of drug-likeness (QED) is 0.817. The molecule has 0 amide bonds. The summed E-state index contributed by atoms with van der Waals surface area (Å²) >= 11 is 0. The second-order valence-electron chi connectivity index (χ2n) is 3.66. The predicted octanol–water partition coefficient (Wildman–Crippen LogP) is 1.34. The molecule has 5 heteroatoms. The van der Waals surface area contributed by atoms with Gasteiger partial charge in [-0.3, -0.25) is 0 Å². The third-order valence-corrected chi connectivity index (χ3v) is 2.51. The molecule has 88 valence electrons. The van der Waals surface area contributed by atoms with Crippen LogP contribution in [0.25, 0.3) is 11.1 Å².